The Morgan fingerprint density at radius 3 is 2.41 bits per heavy atom. The molecule has 0 radical (unpaired) electrons. The maximum Gasteiger partial charge on any atom is 0.0348 e. The first kappa shape index (κ1) is 12.6. The van der Waals surface area contributed by atoms with Crippen LogP contribution in [0.2, 0.25) is 0 Å². The highest BCUT2D eigenvalue weighted by Gasteiger charge is 2.30. The van der Waals surface area contributed by atoms with E-state index in [0.717, 1.165) is 18.3 Å². The third-order valence-corrected chi connectivity index (χ3v) is 4.41. The second-order valence-electron chi connectivity index (χ2n) is 5.43. The molecule has 3 unspecified atom stereocenters. The minimum atomic E-state index is 0.540. The SMILES string of the molecule is CCc1ccc(C(NC)C2CCCC2C)cc1. The van der Waals surface area contributed by atoms with Gasteiger partial charge in [-0.2, -0.15) is 0 Å². The number of hydrogen-bond donors (Lipinski definition) is 1. The fourth-order valence-corrected chi connectivity index (χ4v) is 3.26. The van der Waals surface area contributed by atoms with Crippen LogP contribution < -0.4 is 5.32 Å². The van der Waals surface area contributed by atoms with E-state index in [-0.39, 0.29) is 0 Å². The summed E-state index contributed by atoms with van der Waals surface area (Å²) in [5, 5.41) is 3.53. The summed E-state index contributed by atoms with van der Waals surface area (Å²) in [4.78, 5) is 0. The molecule has 1 aliphatic rings. The highest BCUT2D eigenvalue weighted by Crippen LogP contribution is 2.39. The lowest BCUT2D eigenvalue weighted by molar-refractivity contribution is 0.315. The molecule has 1 saturated carbocycles. The average molecular weight is 231 g/mol. The van der Waals surface area contributed by atoms with Crippen LogP contribution in [0.4, 0.5) is 0 Å². The lowest BCUT2D eigenvalue weighted by atomic mass is 9.85. The quantitative estimate of drug-likeness (QED) is 0.827. The van der Waals surface area contributed by atoms with Gasteiger partial charge in [0.05, 0.1) is 0 Å². The molecule has 0 spiro atoms. The molecule has 3 atom stereocenters. The summed E-state index contributed by atoms with van der Waals surface area (Å²) in [6, 6.07) is 9.72. The summed E-state index contributed by atoms with van der Waals surface area (Å²) in [7, 11) is 2.10. The first-order valence-corrected chi connectivity index (χ1v) is 7.02. The van der Waals surface area contributed by atoms with E-state index >= 15 is 0 Å². The van der Waals surface area contributed by atoms with Crippen molar-refractivity contribution < 1.29 is 0 Å². The largest absolute Gasteiger partial charge is 0.313 e. The molecule has 0 aliphatic heterocycles. The van der Waals surface area contributed by atoms with Crippen LogP contribution in [0.5, 0.6) is 0 Å². The van der Waals surface area contributed by atoms with Crippen molar-refractivity contribution in [3.8, 4) is 0 Å². The van der Waals surface area contributed by atoms with E-state index in [1.807, 2.05) is 0 Å². The van der Waals surface area contributed by atoms with Crippen LogP contribution >= 0.6 is 0 Å². The molecule has 1 aliphatic carbocycles. The van der Waals surface area contributed by atoms with Crippen LogP contribution in [0, 0.1) is 11.8 Å². The van der Waals surface area contributed by atoms with Crippen molar-refractivity contribution in [1.82, 2.24) is 5.32 Å². The lowest BCUT2D eigenvalue weighted by Crippen LogP contribution is -2.26. The Kier molecular flexibility index (Phi) is 4.22. The summed E-state index contributed by atoms with van der Waals surface area (Å²) >= 11 is 0. The molecule has 1 heteroatoms. The Morgan fingerprint density at radius 1 is 1.24 bits per heavy atom. The van der Waals surface area contributed by atoms with Crippen molar-refractivity contribution in [2.45, 2.75) is 45.6 Å². The molecule has 1 aromatic carbocycles. The molecule has 0 amide bonds. The second kappa shape index (κ2) is 5.68. The van der Waals surface area contributed by atoms with Gasteiger partial charge in [0.25, 0.3) is 0 Å². The van der Waals surface area contributed by atoms with Crippen molar-refractivity contribution in [3.63, 3.8) is 0 Å². The van der Waals surface area contributed by atoms with E-state index in [2.05, 4.69) is 50.5 Å². The molecule has 0 bridgehead atoms. The summed E-state index contributed by atoms with van der Waals surface area (Å²) in [6.07, 6.45) is 5.31. The molecule has 0 saturated heterocycles. The maximum absolute atomic E-state index is 3.53. The van der Waals surface area contributed by atoms with Crippen molar-refractivity contribution in [2.24, 2.45) is 11.8 Å². The maximum atomic E-state index is 3.53. The lowest BCUT2D eigenvalue weighted by Gasteiger charge is -2.27. The Hall–Kier alpha value is -0.820. The molecular weight excluding hydrogens is 206 g/mol. The number of rotatable bonds is 4. The van der Waals surface area contributed by atoms with Gasteiger partial charge >= 0.3 is 0 Å². The fourth-order valence-electron chi connectivity index (χ4n) is 3.26. The van der Waals surface area contributed by atoms with Crippen LogP contribution in [-0.2, 0) is 6.42 Å². The molecule has 2 rings (SSSR count). The summed E-state index contributed by atoms with van der Waals surface area (Å²) in [5.74, 6) is 1.67. The zero-order valence-corrected chi connectivity index (χ0v) is 11.4. The van der Waals surface area contributed by atoms with Crippen molar-refractivity contribution >= 4 is 0 Å². The third kappa shape index (κ3) is 2.71. The van der Waals surface area contributed by atoms with E-state index in [1.165, 1.54) is 30.4 Å². The van der Waals surface area contributed by atoms with Crippen LogP contribution in [0.25, 0.3) is 0 Å². The molecule has 0 aromatic heterocycles. The molecule has 1 fully saturated rings. The second-order valence-corrected chi connectivity index (χ2v) is 5.43. The summed E-state index contributed by atoms with van der Waals surface area (Å²) < 4.78 is 0. The predicted octanol–water partition coefficient (Wildman–Crippen LogP) is 3.95. The van der Waals surface area contributed by atoms with Gasteiger partial charge in [-0.05, 0) is 42.9 Å². The zero-order valence-electron chi connectivity index (χ0n) is 11.4. The van der Waals surface area contributed by atoms with E-state index in [1.54, 1.807) is 0 Å². The monoisotopic (exact) mass is 231 g/mol. The van der Waals surface area contributed by atoms with Crippen molar-refractivity contribution in [2.75, 3.05) is 7.05 Å². The fraction of sp³-hybridized carbons (Fsp3) is 0.625. The normalized spacial score (nSPS) is 26.1. The third-order valence-electron chi connectivity index (χ3n) is 4.41. The Bertz CT molecular complexity index is 341. The minimum Gasteiger partial charge on any atom is -0.313 e. The first-order valence-electron chi connectivity index (χ1n) is 7.02. The average Bonchev–Trinajstić information content (AvgIpc) is 2.78. The van der Waals surface area contributed by atoms with Gasteiger partial charge in [-0.3, -0.25) is 0 Å². The molecule has 94 valence electrons. The van der Waals surface area contributed by atoms with E-state index in [0.29, 0.717) is 6.04 Å². The van der Waals surface area contributed by atoms with Gasteiger partial charge in [0.2, 0.25) is 0 Å². The topological polar surface area (TPSA) is 12.0 Å². The molecule has 17 heavy (non-hydrogen) atoms. The van der Waals surface area contributed by atoms with E-state index in [9.17, 15) is 0 Å². The molecule has 1 aromatic rings. The van der Waals surface area contributed by atoms with Gasteiger partial charge in [0, 0.05) is 6.04 Å². The van der Waals surface area contributed by atoms with Crippen LogP contribution in [0.1, 0.15) is 50.3 Å². The predicted molar refractivity (Wildman–Crippen MR) is 74.1 cm³/mol. The molecule has 1 N–H and O–H groups in total. The number of nitrogens with one attached hydrogen (secondary N) is 1. The first-order chi connectivity index (χ1) is 8.26. The van der Waals surface area contributed by atoms with Gasteiger partial charge in [-0.25, -0.2) is 0 Å². The van der Waals surface area contributed by atoms with Gasteiger partial charge in [-0.15, -0.1) is 0 Å². The highest BCUT2D eigenvalue weighted by atomic mass is 14.9. The molecule has 0 heterocycles. The minimum absolute atomic E-state index is 0.540. The van der Waals surface area contributed by atoms with Gasteiger partial charge < -0.3 is 5.32 Å². The molecule has 1 nitrogen and oxygen atoms in total. The van der Waals surface area contributed by atoms with Crippen LogP contribution in [-0.4, -0.2) is 7.05 Å². The standard InChI is InChI=1S/C16H25N/c1-4-13-8-10-14(11-9-13)16(17-3)15-7-5-6-12(15)2/h8-12,15-17H,4-7H2,1-3H3. The van der Waals surface area contributed by atoms with Crippen LogP contribution in [0.3, 0.4) is 0 Å². The van der Waals surface area contributed by atoms with E-state index in [4.69, 9.17) is 0 Å². The smallest absolute Gasteiger partial charge is 0.0348 e. The highest BCUT2D eigenvalue weighted by molar-refractivity contribution is 5.25. The van der Waals surface area contributed by atoms with Gasteiger partial charge in [0.1, 0.15) is 0 Å². The van der Waals surface area contributed by atoms with Crippen LogP contribution in [0.15, 0.2) is 24.3 Å². The number of aryl methyl sites for hydroxylation is 1. The van der Waals surface area contributed by atoms with Crippen molar-refractivity contribution in [1.29, 1.82) is 0 Å². The zero-order chi connectivity index (χ0) is 12.3. The van der Waals surface area contributed by atoms with Gasteiger partial charge in [-0.1, -0.05) is 51.0 Å². The van der Waals surface area contributed by atoms with Gasteiger partial charge in [0.15, 0.2) is 0 Å². The Morgan fingerprint density at radius 2 is 1.94 bits per heavy atom. The summed E-state index contributed by atoms with van der Waals surface area (Å²) in [5.41, 5.74) is 2.89. The number of hydrogen-bond acceptors (Lipinski definition) is 1. The molecular formula is C16H25N. The van der Waals surface area contributed by atoms with Crippen molar-refractivity contribution in [3.05, 3.63) is 35.4 Å². The van der Waals surface area contributed by atoms with E-state index < -0.39 is 0 Å². The Labute approximate surface area is 106 Å². The Balaban J connectivity index is 2.16. The summed E-state index contributed by atoms with van der Waals surface area (Å²) in [6.45, 7) is 4.62. The number of benzene rings is 1.